The molecular formula is C16H23N3OS. The summed E-state index contributed by atoms with van der Waals surface area (Å²) in [6.45, 7) is 3.45. The average Bonchev–Trinajstić information content (AvgIpc) is 2.93. The van der Waals surface area contributed by atoms with Gasteiger partial charge in [0.2, 0.25) is 0 Å². The Bertz CT molecular complexity index is 511. The average molecular weight is 305 g/mol. The van der Waals surface area contributed by atoms with Crippen molar-refractivity contribution >= 4 is 11.3 Å². The van der Waals surface area contributed by atoms with Crippen molar-refractivity contribution in [2.45, 2.75) is 13.1 Å². The number of benzene rings is 1. The van der Waals surface area contributed by atoms with Gasteiger partial charge in [-0.15, -0.1) is 11.3 Å². The van der Waals surface area contributed by atoms with Crippen LogP contribution >= 0.6 is 11.3 Å². The van der Waals surface area contributed by atoms with Gasteiger partial charge in [-0.05, 0) is 38.8 Å². The first-order chi connectivity index (χ1) is 10.1. The maximum absolute atomic E-state index is 5.70. The Morgan fingerprint density at radius 1 is 1.10 bits per heavy atom. The van der Waals surface area contributed by atoms with E-state index in [0.717, 1.165) is 37.0 Å². The van der Waals surface area contributed by atoms with Gasteiger partial charge in [0.05, 0.1) is 6.54 Å². The molecule has 0 aliphatic heterocycles. The van der Waals surface area contributed by atoms with Gasteiger partial charge in [-0.2, -0.15) is 0 Å². The number of hydrogen-bond donors (Lipinski definition) is 0. The lowest BCUT2D eigenvalue weighted by atomic mass is 10.2. The van der Waals surface area contributed by atoms with Crippen LogP contribution in [0, 0.1) is 0 Å². The predicted molar refractivity (Wildman–Crippen MR) is 87.8 cm³/mol. The minimum atomic E-state index is 0.719. The molecule has 0 aliphatic carbocycles. The van der Waals surface area contributed by atoms with E-state index >= 15 is 0 Å². The Kier molecular flexibility index (Phi) is 6.17. The summed E-state index contributed by atoms with van der Waals surface area (Å²) >= 11 is 1.70. The summed E-state index contributed by atoms with van der Waals surface area (Å²) in [4.78, 5) is 8.69. The SMILES string of the molecule is CN(C)CCOc1ccc(CN(C)Cc2nccs2)cc1. The van der Waals surface area contributed by atoms with Gasteiger partial charge in [0.15, 0.2) is 0 Å². The lowest BCUT2D eigenvalue weighted by Gasteiger charge is -2.15. The number of hydrogen-bond acceptors (Lipinski definition) is 5. The lowest BCUT2D eigenvalue weighted by molar-refractivity contribution is 0.261. The van der Waals surface area contributed by atoms with E-state index in [4.69, 9.17) is 4.74 Å². The maximum Gasteiger partial charge on any atom is 0.119 e. The van der Waals surface area contributed by atoms with Crippen molar-refractivity contribution in [3.05, 3.63) is 46.4 Å². The summed E-state index contributed by atoms with van der Waals surface area (Å²) in [5.74, 6) is 0.933. The molecule has 4 nitrogen and oxygen atoms in total. The lowest BCUT2D eigenvalue weighted by Crippen LogP contribution is -2.19. The highest BCUT2D eigenvalue weighted by Gasteiger charge is 2.04. The number of ether oxygens (including phenoxy) is 1. The van der Waals surface area contributed by atoms with Gasteiger partial charge in [0.25, 0.3) is 0 Å². The van der Waals surface area contributed by atoms with Crippen molar-refractivity contribution in [3.63, 3.8) is 0 Å². The molecule has 0 fully saturated rings. The second-order valence-corrected chi connectivity index (χ2v) is 6.37. The van der Waals surface area contributed by atoms with Gasteiger partial charge in [0.1, 0.15) is 17.4 Å². The van der Waals surface area contributed by atoms with E-state index in [9.17, 15) is 0 Å². The largest absolute Gasteiger partial charge is 0.492 e. The van der Waals surface area contributed by atoms with Crippen molar-refractivity contribution in [1.82, 2.24) is 14.8 Å². The van der Waals surface area contributed by atoms with Crippen LogP contribution in [0.1, 0.15) is 10.6 Å². The van der Waals surface area contributed by atoms with E-state index in [2.05, 4.69) is 34.0 Å². The minimum Gasteiger partial charge on any atom is -0.492 e. The van der Waals surface area contributed by atoms with Crippen molar-refractivity contribution in [3.8, 4) is 5.75 Å². The molecule has 0 spiro atoms. The fourth-order valence-corrected chi connectivity index (χ4v) is 2.66. The van der Waals surface area contributed by atoms with E-state index < -0.39 is 0 Å². The number of thiazole rings is 1. The van der Waals surface area contributed by atoms with Crippen molar-refractivity contribution < 1.29 is 4.74 Å². The molecule has 0 saturated heterocycles. The van der Waals surface area contributed by atoms with Gasteiger partial charge in [-0.1, -0.05) is 12.1 Å². The topological polar surface area (TPSA) is 28.6 Å². The number of likely N-dealkylation sites (N-methyl/N-ethyl adjacent to an activating group) is 1. The maximum atomic E-state index is 5.70. The summed E-state index contributed by atoms with van der Waals surface area (Å²) in [6.07, 6.45) is 1.85. The highest BCUT2D eigenvalue weighted by molar-refractivity contribution is 7.09. The number of nitrogens with zero attached hydrogens (tertiary/aromatic N) is 3. The third kappa shape index (κ3) is 5.83. The summed E-state index contributed by atoms with van der Waals surface area (Å²) in [5.41, 5.74) is 1.29. The molecular weight excluding hydrogens is 282 g/mol. The molecule has 2 rings (SSSR count). The quantitative estimate of drug-likeness (QED) is 0.750. The van der Waals surface area contributed by atoms with Crippen molar-refractivity contribution in [1.29, 1.82) is 0 Å². The molecule has 0 saturated carbocycles. The smallest absolute Gasteiger partial charge is 0.119 e. The van der Waals surface area contributed by atoms with Gasteiger partial charge in [0, 0.05) is 24.7 Å². The third-order valence-corrected chi connectivity index (χ3v) is 3.84. The summed E-state index contributed by atoms with van der Waals surface area (Å²) in [5, 5.41) is 3.17. The zero-order chi connectivity index (χ0) is 15.1. The third-order valence-electron chi connectivity index (χ3n) is 3.07. The van der Waals surface area contributed by atoms with Crippen LogP contribution in [-0.2, 0) is 13.1 Å². The minimum absolute atomic E-state index is 0.719. The first kappa shape index (κ1) is 15.9. The molecule has 1 aromatic carbocycles. The highest BCUT2D eigenvalue weighted by Crippen LogP contribution is 2.15. The second-order valence-electron chi connectivity index (χ2n) is 5.39. The molecule has 0 unspecified atom stereocenters. The highest BCUT2D eigenvalue weighted by atomic mass is 32.1. The Balaban J connectivity index is 1.78. The standard InChI is InChI=1S/C16H23N3OS/c1-18(2)9-10-20-15-6-4-14(5-7-15)12-19(3)13-16-17-8-11-21-16/h4-8,11H,9-10,12-13H2,1-3H3. The number of aromatic nitrogens is 1. The molecule has 21 heavy (non-hydrogen) atoms. The van der Waals surface area contributed by atoms with Crippen molar-refractivity contribution in [2.24, 2.45) is 0 Å². The van der Waals surface area contributed by atoms with Crippen LogP contribution in [0.4, 0.5) is 0 Å². The normalized spacial score (nSPS) is 11.3. The zero-order valence-corrected chi connectivity index (χ0v) is 13.8. The molecule has 0 N–H and O–H groups in total. The fraction of sp³-hybridized carbons (Fsp3) is 0.438. The summed E-state index contributed by atoms with van der Waals surface area (Å²) < 4.78 is 5.70. The van der Waals surface area contributed by atoms with E-state index in [0.29, 0.717) is 0 Å². The monoisotopic (exact) mass is 305 g/mol. The van der Waals surface area contributed by atoms with Crippen molar-refractivity contribution in [2.75, 3.05) is 34.3 Å². The molecule has 114 valence electrons. The van der Waals surface area contributed by atoms with E-state index in [-0.39, 0.29) is 0 Å². The van der Waals surface area contributed by atoms with E-state index in [1.807, 2.05) is 37.8 Å². The molecule has 5 heteroatoms. The predicted octanol–water partition coefficient (Wildman–Crippen LogP) is 2.72. The molecule has 1 aromatic heterocycles. The Morgan fingerprint density at radius 2 is 1.86 bits per heavy atom. The van der Waals surface area contributed by atoms with Gasteiger partial charge < -0.3 is 9.64 Å². The van der Waals surface area contributed by atoms with Crippen LogP contribution in [-0.4, -0.2) is 49.1 Å². The first-order valence-corrected chi connectivity index (χ1v) is 7.95. The van der Waals surface area contributed by atoms with Gasteiger partial charge in [-0.25, -0.2) is 4.98 Å². The second kappa shape index (κ2) is 8.12. The fourth-order valence-electron chi connectivity index (χ4n) is 1.97. The Hall–Kier alpha value is -1.43. The zero-order valence-electron chi connectivity index (χ0n) is 13.0. The molecule has 0 radical (unpaired) electrons. The Labute approximate surface area is 131 Å². The van der Waals surface area contributed by atoms with E-state index in [1.54, 1.807) is 11.3 Å². The van der Waals surface area contributed by atoms with Gasteiger partial charge in [-0.3, -0.25) is 4.90 Å². The van der Waals surface area contributed by atoms with Crippen LogP contribution in [0.2, 0.25) is 0 Å². The van der Waals surface area contributed by atoms with Crippen LogP contribution in [0.25, 0.3) is 0 Å². The molecule has 0 atom stereocenters. The van der Waals surface area contributed by atoms with Crippen LogP contribution in [0.3, 0.4) is 0 Å². The molecule has 1 heterocycles. The summed E-state index contributed by atoms with van der Waals surface area (Å²) in [6, 6.07) is 8.34. The summed E-state index contributed by atoms with van der Waals surface area (Å²) in [7, 11) is 6.21. The molecule has 0 aliphatic rings. The van der Waals surface area contributed by atoms with E-state index in [1.165, 1.54) is 5.56 Å². The van der Waals surface area contributed by atoms with Crippen LogP contribution in [0.15, 0.2) is 35.8 Å². The van der Waals surface area contributed by atoms with Gasteiger partial charge >= 0.3 is 0 Å². The van der Waals surface area contributed by atoms with Crippen LogP contribution in [0.5, 0.6) is 5.75 Å². The Morgan fingerprint density at radius 3 is 2.48 bits per heavy atom. The molecule has 2 aromatic rings. The number of rotatable bonds is 8. The van der Waals surface area contributed by atoms with Crippen LogP contribution < -0.4 is 4.74 Å². The molecule has 0 bridgehead atoms. The molecule has 0 amide bonds. The first-order valence-electron chi connectivity index (χ1n) is 7.07.